The lowest BCUT2D eigenvalue weighted by Gasteiger charge is -2.29. The van der Waals surface area contributed by atoms with Gasteiger partial charge in [0.1, 0.15) is 0 Å². The summed E-state index contributed by atoms with van der Waals surface area (Å²) in [5.74, 6) is 0.0358. The van der Waals surface area contributed by atoms with Gasteiger partial charge >= 0.3 is 6.03 Å². The monoisotopic (exact) mass is 229 g/mol. The van der Waals surface area contributed by atoms with Gasteiger partial charge in [0.15, 0.2) is 0 Å². The molecule has 16 heavy (non-hydrogen) atoms. The van der Waals surface area contributed by atoms with Crippen LogP contribution in [-0.4, -0.2) is 50.2 Å². The van der Waals surface area contributed by atoms with Crippen molar-refractivity contribution in [3.05, 3.63) is 0 Å². The maximum absolute atomic E-state index is 11.6. The molecule has 0 aromatic heterocycles. The molecule has 6 heteroatoms. The molecule has 0 unspecified atom stereocenters. The van der Waals surface area contributed by atoms with Gasteiger partial charge in [0, 0.05) is 32.7 Å². The van der Waals surface area contributed by atoms with Crippen molar-refractivity contribution in [2.75, 3.05) is 33.4 Å². The lowest BCUT2D eigenvalue weighted by molar-refractivity contribution is -0.126. The maximum Gasteiger partial charge on any atom is 0.314 e. The van der Waals surface area contributed by atoms with E-state index in [2.05, 4.69) is 5.32 Å². The second-order valence-electron chi connectivity index (χ2n) is 3.88. The molecular weight excluding hydrogens is 210 g/mol. The maximum atomic E-state index is 11.6. The third-order valence-corrected chi connectivity index (χ3v) is 2.78. The molecule has 0 saturated carbocycles. The van der Waals surface area contributed by atoms with Crippen LogP contribution in [0.3, 0.4) is 0 Å². The minimum atomic E-state index is -0.404. The van der Waals surface area contributed by atoms with E-state index < -0.39 is 6.03 Å². The molecule has 0 radical (unpaired) electrons. The first-order chi connectivity index (χ1) is 7.65. The molecule has 92 valence electrons. The number of urea groups is 1. The molecular formula is C10H19N3O3. The third-order valence-electron chi connectivity index (χ3n) is 2.78. The highest BCUT2D eigenvalue weighted by Gasteiger charge is 2.25. The number of carbonyl (C=O) groups excluding carboxylic acids is 2. The van der Waals surface area contributed by atoms with Gasteiger partial charge in [0.25, 0.3) is 0 Å². The molecule has 3 N–H and O–H groups in total. The molecule has 1 fully saturated rings. The molecule has 0 aromatic rings. The average Bonchev–Trinajstić information content (AvgIpc) is 2.29. The summed E-state index contributed by atoms with van der Waals surface area (Å²) in [5.41, 5.74) is 5.16. The van der Waals surface area contributed by atoms with Crippen molar-refractivity contribution >= 4 is 11.9 Å². The number of nitrogens with one attached hydrogen (secondary N) is 1. The number of piperidine rings is 1. The first-order valence-electron chi connectivity index (χ1n) is 5.46. The van der Waals surface area contributed by atoms with Gasteiger partial charge in [-0.2, -0.15) is 0 Å². The molecule has 3 amide bonds. The Morgan fingerprint density at radius 3 is 2.56 bits per heavy atom. The Morgan fingerprint density at radius 1 is 1.44 bits per heavy atom. The van der Waals surface area contributed by atoms with E-state index in [0.717, 1.165) is 0 Å². The molecule has 0 atom stereocenters. The highest BCUT2D eigenvalue weighted by molar-refractivity contribution is 5.79. The van der Waals surface area contributed by atoms with Gasteiger partial charge in [-0.15, -0.1) is 0 Å². The van der Waals surface area contributed by atoms with Crippen molar-refractivity contribution in [1.29, 1.82) is 0 Å². The fraction of sp³-hybridized carbons (Fsp3) is 0.800. The van der Waals surface area contributed by atoms with Crippen molar-refractivity contribution in [2.45, 2.75) is 12.8 Å². The second kappa shape index (κ2) is 6.32. The lowest BCUT2D eigenvalue weighted by Crippen LogP contribution is -2.45. The number of ether oxygens (including phenoxy) is 1. The van der Waals surface area contributed by atoms with E-state index in [1.165, 1.54) is 0 Å². The van der Waals surface area contributed by atoms with Gasteiger partial charge < -0.3 is 20.7 Å². The highest BCUT2D eigenvalue weighted by atomic mass is 16.5. The van der Waals surface area contributed by atoms with Crippen LogP contribution in [-0.2, 0) is 9.53 Å². The molecule has 0 bridgehead atoms. The number of amides is 3. The van der Waals surface area contributed by atoms with Crippen LogP contribution in [0.15, 0.2) is 0 Å². The Bertz CT molecular complexity index is 250. The van der Waals surface area contributed by atoms with Crippen LogP contribution < -0.4 is 11.1 Å². The summed E-state index contributed by atoms with van der Waals surface area (Å²) in [7, 11) is 1.59. The fourth-order valence-electron chi connectivity index (χ4n) is 1.78. The smallest absolute Gasteiger partial charge is 0.314 e. The third kappa shape index (κ3) is 3.69. The Labute approximate surface area is 95.1 Å². The van der Waals surface area contributed by atoms with Crippen molar-refractivity contribution in [3.8, 4) is 0 Å². The van der Waals surface area contributed by atoms with Crippen LogP contribution >= 0.6 is 0 Å². The molecule has 6 nitrogen and oxygen atoms in total. The Hall–Kier alpha value is -1.30. The quantitative estimate of drug-likeness (QED) is 0.640. The number of carbonyl (C=O) groups is 2. The normalized spacial score (nSPS) is 17.2. The number of nitrogens with zero attached hydrogens (tertiary/aromatic N) is 1. The van der Waals surface area contributed by atoms with E-state index in [4.69, 9.17) is 10.5 Å². The van der Waals surface area contributed by atoms with Crippen molar-refractivity contribution in [1.82, 2.24) is 10.2 Å². The molecule has 1 aliphatic rings. The van der Waals surface area contributed by atoms with Crippen LogP contribution in [0.5, 0.6) is 0 Å². The summed E-state index contributed by atoms with van der Waals surface area (Å²) in [5, 5.41) is 2.80. The zero-order valence-corrected chi connectivity index (χ0v) is 9.57. The van der Waals surface area contributed by atoms with Crippen molar-refractivity contribution in [2.24, 2.45) is 11.7 Å². The molecule has 1 saturated heterocycles. The summed E-state index contributed by atoms with van der Waals surface area (Å²) in [4.78, 5) is 24.1. The second-order valence-corrected chi connectivity index (χ2v) is 3.88. The standard InChI is InChI=1S/C10H19N3O3/c1-16-7-4-12-9(14)8-2-5-13(6-3-8)10(11)15/h8H,2-7H2,1H3,(H2,11,15)(H,12,14). The molecule has 0 spiro atoms. The number of rotatable bonds is 4. The highest BCUT2D eigenvalue weighted by Crippen LogP contribution is 2.16. The summed E-state index contributed by atoms with van der Waals surface area (Å²) >= 11 is 0. The predicted octanol–water partition coefficient (Wildman–Crippen LogP) is -0.460. The number of likely N-dealkylation sites (tertiary alicyclic amines) is 1. The van der Waals surface area contributed by atoms with Crippen LogP contribution in [0.1, 0.15) is 12.8 Å². The molecule has 0 aromatic carbocycles. The minimum absolute atomic E-state index is 0.00699. The Morgan fingerprint density at radius 2 is 2.06 bits per heavy atom. The van der Waals surface area contributed by atoms with Gasteiger partial charge in [-0.3, -0.25) is 4.79 Å². The van der Waals surface area contributed by atoms with Gasteiger partial charge in [-0.25, -0.2) is 4.79 Å². The number of hydrogen-bond acceptors (Lipinski definition) is 3. The number of primary amides is 1. The van der Waals surface area contributed by atoms with Crippen LogP contribution in [0.25, 0.3) is 0 Å². The summed E-state index contributed by atoms with van der Waals surface area (Å²) in [6, 6.07) is -0.404. The van der Waals surface area contributed by atoms with Crippen LogP contribution in [0.4, 0.5) is 4.79 Å². The number of methoxy groups -OCH3 is 1. The van der Waals surface area contributed by atoms with Crippen LogP contribution in [0, 0.1) is 5.92 Å². The van der Waals surface area contributed by atoms with E-state index in [0.29, 0.717) is 39.1 Å². The first-order valence-corrected chi connectivity index (χ1v) is 5.46. The van der Waals surface area contributed by atoms with Gasteiger partial charge in [0.2, 0.25) is 5.91 Å². The number of hydrogen-bond donors (Lipinski definition) is 2. The van der Waals surface area contributed by atoms with E-state index >= 15 is 0 Å². The molecule has 1 aliphatic heterocycles. The molecule has 1 heterocycles. The first kappa shape index (κ1) is 12.8. The van der Waals surface area contributed by atoms with E-state index in [1.54, 1.807) is 12.0 Å². The zero-order chi connectivity index (χ0) is 12.0. The van der Waals surface area contributed by atoms with Gasteiger partial charge in [-0.05, 0) is 12.8 Å². The topological polar surface area (TPSA) is 84.7 Å². The van der Waals surface area contributed by atoms with E-state index in [1.807, 2.05) is 0 Å². The summed E-state index contributed by atoms with van der Waals surface area (Å²) in [6.07, 6.45) is 1.36. The largest absolute Gasteiger partial charge is 0.383 e. The SMILES string of the molecule is COCCNC(=O)C1CCN(C(N)=O)CC1. The molecule has 1 rings (SSSR count). The van der Waals surface area contributed by atoms with Gasteiger partial charge in [0.05, 0.1) is 6.61 Å². The lowest BCUT2D eigenvalue weighted by atomic mass is 9.96. The molecule has 0 aliphatic carbocycles. The minimum Gasteiger partial charge on any atom is -0.383 e. The van der Waals surface area contributed by atoms with Crippen molar-refractivity contribution in [3.63, 3.8) is 0 Å². The van der Waals surface area contributed by atoms with E-state index in [9.17, 15) is 9.59 Å². The number of nitrogens with two attached hydrogens (primary N) is 1. The fourth-order valence-corrected chi connectivity index (χ4v) is 1.78. The Balaban J connectivity index is 2.25. The average molecular weight is 229 g/mol. The Kier molecular flexibility index (Phi) is 5.04. The van der Waals surface area contributed by atoms with Gasteiger partial charge in [-0.1, -0.05) is 0 Å². The zero-order valence-electron chi connectivity index (χ0n) is 9.57. The summed E-state index contributed by atoms with van der Waals surface area (Å²) < 4.78 is 4.84. The van der Waals surface area contributed by atoms with Crippen LogP contribution in [0.2, 0.25) is 0 Å². The van der Waals surface area contributed by atoms with E-state index in [-0.39, 0.29) is 11.8 Å². The van der Waals surface area contributed by atoms with Crippen molar-refractivity contribution < 1.29 is 14.3 Å². The summed E-state index contributed by atoms with van der Waals surface area (Å²) in [6.45, 7) is 2.19. The predicted molar refractivity (Wildman–Crippen MR) is 58.8 cm³/mol.